The summed E-state index contributed by atoms with van der Waals surface area (Å²) in [5, 5.41) is 21.3. The number of anilines is 1. The smallest absolute Gasteiger partial charge is 0.123 e. The molecule has 5 heteroatoms. The lowest BCUT2D eigenvalue weighted by Crippen LogP contribution is -2.37. The standard InChI is InChI=1S/C15H20FN3O/c1-11(18-7-6-17)14-10-12(16)2-3-15(14)19-8-4-13(20)5-9-19/h2-3,10-11,13,18,20H,4-5,7-9H2,1H3/t11-/m1/s1. The molecule has 0 aliphatic carbocycles. The van der Waals surface area contributed by atoms with Crippen molar-refractivity contribution in [3.63, 3.8) is 0 Å². The van der Waals surface area contributed by atoms with Crippen molar-refractivity contribution in [1.82, 2.24) is 5.32 Å². The molecule has 20 heavy (non-hydrogen) atoms. The molecule has 2 N–H and O–H groups in total. The fourth-order valence-electron chi connectivity index (χ4n) is 2.58. The summed E-state index contributed by atoms with van der Waals surface area (Å²) < 4.78 is 13.5. The molecule has 108 valence electrons. The van der Waals surface area contributed by atoms with Crippen molar-refractivity contribution in [3.8, 4) is 6.07 Å². The van der Waals surface area contributed by atoms with Crippen molar-refractivity contribution in [2.75, 3.05) is 24.5 Å². The van der Waals surface area contributed by atoms with E-state index in [-0.39, 0.29) is 24.5 Å². The lowest BCUT2D eigenvalue weighted by atomic mass is 10.0. The van der Waals surface area contributed by atoms with E-state index in [0.29, 0.717) is 0 Å². The van der Waals surface area contributed by atoms with Crippen LogP contribution in [0.25, 0.3) is 0 Å². The second kappa shape index (κ2) is 6.69. The molecule has 0 spiro atoms. The third-order valence-corrected chi connectivity index (χ3v) is 3.75. The number of halogens is 1. The molecular formula is C15H20FN3O. The Morgan fingerprint density at radius 2 is 2.20 bits per heavy atom. The molecule has 1 aliphatic rings. The van der Waals surface area contributed by atoms with Gasteiger partial charge in [-0.05, 0) is 43.5 Å². The SMILES string of the molecule is C[C@@H](NCC#N)c1cc(F)ccc1N1CCC(O)CC1. The van der Waals surface area contributed by atoms with E-state index in [9.17, 15) is 9.50 Å². The van der Waals surface area contributed by atoms with Crippen LogP contribution in [0.2, 0.25) is 0 Å². The molecule has 0 aromatic heterocycles. The van der Waals surface area contributed by atoms with Gasteiger partial charge in [0.25, 0.3) is 0 Å². The molecule has 1 aromatic rings. The van der Waals surface area contributed by atoms with Gasteiger partial charge in [0, 0.05) is 24.8 Å². The van der Waals surface area contributed by atoms with Crippen LogP contribution in [0, 0.1) is 17.1 Å². The largest absolute Gasteiger partial charge is 0.393 e. The van der Waals surface area contributed by atoms with Crippen LogP contribution in [-0.4, -0.2) is 30.8 Å². The van der Waals surface area contributed by atoms with Gasteiger partial charge in [0.05, 0.1) is 18.7 Å². The number of piperidine rings is 1. The first kappa shape index (κ1) is 14.8. The van der Waals surface area contributed by atoms with Crippen molar-refractivity contribution < 1.29 is 9.50 Å². The van der Waals surface area contributed by atoms with Gasteiger partial charge < -0.3 is 10.0 Å². The van der Waals surface area contributed by atoms with Crippen LogP contribution in [0.5, 0.6) is 0 Å². The van der Waals surface area contributed by atoms with E-state index in [1.54, 1.807) is 6.07 Å². The van der Waals surface area contributed by atoms with Gasteiger partial charge in [0.1, 0.15) is 5.82 Å². The summed E-state index contributed by atoms with van der Waals surface area (Å²) in [6.45, 7) is 3.69. The molecule has 0 amide bonds. The highest BCUT2D eigenvalue weighted by Gasteiger charge is 2.21. The molecule has 1 aliphatic heterocycles. The first-order chi connectivity index (χ1) is 9.61. The number of aliphatic hydroxyl groups excluding tert-OH is 1. The lowest BCUT2D eigenvalue weighted by molar-refractivity contribution is 0.145. The average Bonchev–Trinajstić information content (AvgIpc) is 2.46. The van der Waals surface area contributed by atoms with E-state index < -0.39 is 0 Å². The zero-order valence-corrected chi connectivity index (χ0v) is 11.6. The van der Waals surface area contributed by atoms with E-state index in [0.717, 1.165) is 37.2 Å². The van der Waals surface area contributed by atoms with E-state index in [1.165, 1.54) is 12.1 Å². The number of benzene rings is 1. The molecule has 1 heterocycles. The van der Waals surface area contributed by atoms with Crippen LogP contribution in [0.1, 0.15) is 31.4 Å². The maximum Gasteiger partial charge on any atom is 0.123 e. The van der Waals surface area contributed by atoms with Gasteiger partial charge in [-0.3, -0.25) is 5.32 Å². The third kappa shape index (κ3) is 3.47. The monoisotopic (exact) mass is 277 g/mol. The first-order valence-electron chi connectivity index (χ1n) is 6.94. The van der Waals surface area contributed by atoms with Gasteiger partial charge in [0.15, 0.2) is 0 Å². The second-order valence-corrected chi connectivity index (χ2v) is 5.18. The topological polar surface area (TPSA) is 59.3 Å². The molecule has 0 saturated carbocycles. The lowest BCUT2D eigenvalue weighted by Gasteiger charge is -2.34. The second-order valence-electron chi connectivity index (χ2n) is 5.18. The van der Waals surface area contributed by atoms with Crippen molar-refractivity contribution >= 4 is 5.69 Å². The van der Waals surface area contributed by atoms with E-state index >= 15 is 0 Å². The predicted octanol–water partition coefficient (Wildman–Crippen LogP) is 1.96. The number of nitrogens with one attached hydrogen (secondary N) is 1. The molecule has 4 nitrogen and oxygen atoms in total. The Balaban J connectivity index is 2.21. The van der Waals surface area contributed by atoms with Crippen LogP contribution in [0.3, 0.4) is 0 Å². The summed E-state index contributed by atoms with van der Waals surface area (Å²) in [5.41, 5.74) is 1.84. The van der Waals surface area contributed by atoms with Crippen LogP contribution in [0.15, 0.2) is 18.2 Å². The van der Waals surface area contributed by atoms with E-state index in [4.69, 9.17) is 5.26 Å². The quantitative estimate of drug-likeness (QED) is 0.826. The Bertz CT molecular complexity index is 492. The van der Waals surface area contributed by atoms with Crippen molar-refractivity contribution in [1.29, 1.82) is 5.26 Å². The van der Waals surface area contributed by atoms with Crippen molar-refractivity contribution in [2.45, 2.75) is 31.9 Å². The van der Waals surface area contributed by atoms with Crippen LogP contribution in [-0.2, 0) is 0 Å². The van der Waals surface area contributed by atoms with Crippen LogP contribution in [0.4, 0.5) is 10.1 Å². The molecule has 1 atom stereocenters. The Kier molecular flexibility index (Phi) is 4.94. The molecule has 2 rings (SSSR count). The average molecular weight is 277 g/mol. The summed E-state index contributed by atoms with van der Waals surface area (Å²) >= 11 is 0. The summed E-state index contributed by atoms with van der Waals surface area (Å²) in [6, 6.07) is 6.71. The molecule has 1 saturated heterocycles. The Morgan fingerprint density at radius 3 is 2.85 bits per heavy atom. The summed E-state index contributed by atoms with van der Waals surface area (Å²) in [6.07, 6.45) is 1.23. The number of aliphatic hydroxyl groups is 1. The molecule has 0 bridgehead atoms. The van der Waals surface area contributed by atoms with Gasteiger partial charge in [-0.15, -0.1) is 0 Å². The van der Waals surface area contributed by atoms with Crippen LogP contribution >= 0.6 is 0 Å². The van der Waals surface area contributed by atoms with Crippen LogP contribution < -0.4 is 10.2 Å². The highest BCUT2D eigenvalue weighted by Crippen LogP contribution is 2.29. The normalized spacial score (nSPS) is 17.8. The van der Waals surface area contributed by atoms with E-state index in [1.807, 2.05) is 13.0 Å². The molecule has 1 aromatic carbocycles. The zero-order valence-electron chi connectivity index (χ0n) is 11.6. The molecule has 0 radical (unpaired) electrons. The molecule has 0 unspecified atom stereocenters. The molecular weight excluding hydrogens is 257 g/mol. The number of hydrogen-bond acceptors (Lipinski definition) is 4. The zero-order chi connectivity index (χ0) is 14.5. The summed E-state index contributed by atoms with van der Waals surface area (Å²) in [5.74, 6) is -0.272. The van der Waals surface area contributed by atoms with E-state index in [2.05, 4.69) is 10.2 Å². The highest BCUT2D eigenvalue weighted by molar-refractivity contribution is 5.55. The Morgan fingerprint density at radius 1 is 1.50 bits per heavy atom. The molecule has 1 fully saturated rings. The van der Waals surface area contributed by atoms with Crippen molar-refractivity contribution in [3.05, 3.63) is 29.6 Å². The maximum absolute atomic E-state index is 13.5. The van der Waals surface area contributed by atoms with Crippen molar-refractivity contribution in [2.24, 2.45) is 0 Å². The Hall–Kier alpha value is -1.64. The first-order valence-corrected chi connectivity index (χ1v) is 6.94. The van der Waals surface area contributed by atoms with Gasteiger partial charge >= 0.3 is 0 Å². The summed E-state index contributed by atoms with van der Waals surface area (Å²) in [4.78, 5) is 2.17. The fraction of sp³-hybridized carbons (Fsp3) is 0.533. The minimum Gasteiger partial charge on any atom is -0.393 e. The summed E-state index contributed by atoms with van der Waals surface area (Å²) in [7, 11) is 0. The minimum atomic E-state index is -0.272. The maximum atomic E-state index is 13.5. The number of nitrogens with zero attached hydrogens (tertiary/aromatic N) is 2. The number of nitriles is 1. The predicted molar refractivity (Wildman–Crippen MR) is 75.9 cm³/mol. The minimum absolute atomic E-state index is 0.0906. The van der Waals surface area contributed by atoms with Gasteiger partial charge in [-0.2, -0.15) is 5.26 Å². The van der Waals surface area contributed by atoms with Gasteiger partial charge in [-0.1, -0.05) is 0 Å². The number of rotatable bonds is 4. The highest BCUT2D eigenvalue weighted by atomic mass is 19.1. The Labute approximate surface area is 118 Å². The number of hydrogen-bond donors (Lipinski definition) is 2. The van der Waals surface area contributed by atoms with Gasteiger partial charge in [0.2, 0.25) is 0 Å². The fourth-order valence-corrected chi connectivity index (χ4v) is 2.58. The van der Waals surface area contributed by atoms with Gasteiger partial charge in [-0.25, -0.2) is 4.39 Å². The third-order valence-electron chi connectivity index (χ3n) is 3.75.